The third-order valence-corrected chi connectivity index (χ3v) is 5.11. The van der Waals surface area contributed by atoms with E-state index >= 15 is 0 Å². The molecule has 0 aromatic rings. The molecule has 19 heavy (non-hydrogen) atoms. The Balaban J connectivity index is 2.12. The Morgan fingerprint density at radius 2 is 2.16 bits per heavy atom. The molecule has 4 rings (SSSR count). The van der Waals surface area contributed by atoms with Crippen molar-refractivity contribution in [1.82, 2.24) is 0 Å². The molecule has 102 valence electrons. The van der Waals surface area contributed by atoms with Crippen LogP contribution < -0.4 is 0 Å². The lowest BCUT2D eigenvalue weighted by molar-refractivity contribution is -0.162. The SMILES string of the molecule is COC(=O)C12C=CCCC1C1CCC2C=C1C(=O)O. The van der Waals surface area contributed by atoms with Crippen LogP contribution in [0.25, 0.3) is 0 Å². The van der Waals surface area contributed by atoms with Gasteiger partial charge in [0, 0.05) is 5.57 Å². The molecule has 1 N–H and O–H groups in total. The first-order valence-corrected chi connectivity index (χ1v) is 6.82. The number of methoxy groups -OCH3 is 1. The van der Waals surface area contributed by atoms with Crippen molar-refractivity contribution in [3.8, 4) is 0 Å². The minimum atomic E-state index is -0.831. The van der Waals surface area contributed by atoms with E-state index in [0.29, 0.717) is 5.57 Å². The van der Waals surface area contributed by atoms with Gasteiger partial charge in [0.15, 0.2) is 0 Å². The third kappa shape index (κ3) is 1.52. The molecule has 4 aliphatic carbocycles. The molecule has 1 fully saturated rings. The fourth-order valence-corrected chi connectivity index (χ4v) is 4.36. The Bertz CT molecular complexity index is 490. The highest BCUT2D eigenvalue weighted by molar-refractivity contribution is 5.90. The van der Waals surface area contributed by atoms with E-state index in [2.05, 4.69) is 0 Å². The lowest BCUT2D eigenvalue weighted by Gasteiger charge is -2.53. The zero-order valence-corrected chi connectivity index (χ0v) is 11.0. The highest BCUT2D eigenvalue weighted by atomic mass is 16.5. The van der Waals surface area contributed by atoms with Crippen molar-refractivity contribution >= 4 is 11.9 Å². The van der Waals surface area contributed by atoms with Gasteiger partial charge in [-0.15, -0.1) is 0 Å². The van der Waals surface area contributed by atoms with Gasteiger partial charge >= 0.3 is 11.9 Å². The molecule has 0 heterocycles. The summed E-state index contributed by atoms with van der Waals surface area (Å²) in [7, 11) is 1.42. The maximum atomic E-state index is 12.3. The van der Waals surface area contributed by atoms with Gasteiger partial charge < -0.3 is 9.84 Å². The minimum Gasteiger partial charge on any atom is -0.478 e. The third-order valence-electron chi connectivity index (χ3n) is 5.11. The number of hydrogen-bond acceptors (Lipinski definition) is 3. The lowest BCUT2D eigenvalue weighted by atomic mass is 9.49. The summed E-state index contributed by atoms with van der Waals surface area (Å²) in [6.45, 7) is 0. The number of carboxylic acids is 1. The lowest BCUT2D eigenvalue weighted by Crippen LogP contribution is -2.54. The van der Waals surface area contributed by atoms with Gasteiger partial charge in [0.25, 0.3) is 0 Å². The molecule has 0 radical (unpaired) electrons. The van der Waals surface area contributed by atoms with Gasteiger partial charge in [-0.2, -0.15) is 0 Å². The number of rotatable bonds is 2. The molecule has 0 aliphatic heterocycles. The molecule has 0 spiro atoms. The highest BCUT2D eigenvalue weighted by Crippen LogP contribution is 2.59. The van der Waals surface area contributed by atoms with Crippen LogP contribution in [0.2, 0.25) is 0 Å². The van der Waals surface area contributed by atoms with Crippen LogP contribution in [-0.2, 0) is 14.3 Å². The zero-order chi connectivity index (χ0) is 13.6. The first kappa shape index (κ1) is 12.5. The van der Waals surface area contributed by atoms with E-state index in [0.717, 1.165) is 25.7 Å². The van der Waals surface area contributed by atoms with E-state index in [9.17, 15) is 14.7 Å². The van der Waals surface area contributed by atoms with E-state index in [1.54, 1.807) is 6.08 Å². The van der Waals surface area contributed by atoms with E-state index < -0.39 is 11.4 Å². The molecular weight excluding hydrogens is 244 g/mol. The Morgan fingerprint density at radius 1 is 1.37 bits per heavy atom. The number of esters is 1. The highest BCUT2D eigenvalue weighted by Gasteiger charge is 2.59. The number of carbonyl (C=O) groups is 2. The minimum absolute atomic E-state index is 0.00782. The van der Waals surface area contributed by atoms with Gasteiger partial charge in [0.1, 0.15) is 0 Å². The number of allylic oxidation sites excluding steroid dienone is 2. The summed E-state index contributed by atoms with van der Waals surface area (Å²) in [6.07, 6.45) is 9.37. The average molecular weight is 262 g/mol. The van der Waals surface area contributed by atoms with Crippen LogP contribution in [0.1, 0.15) is 25.7 Å². The van der Waals surface area contributed by atoms with Gasteiger partial charge in [-0.1, -0.05) is 18.2 Å². The topological polar surface area (TPSA) is 63.6 Å². The maximum absolute atomic E-state index is 12.3. The summed E-state index contributed by atoms with van der Waals surface area (Å²) >= 11 is 0. The Hall–Kier alpha value is -1.58. The van der Waals surface area contributed by atoms with Crippen LogP contribution in [0.3, 0.4) is 0 Å². The van der Waals surface area contributed by atoms with Crippen molar-refractivity contribution < 1.29 is 19.4 Å². The molecule has 4 nitrogen and oxygen atoms in total. The fraction of sp³-hybridized carbons (Fsp3) is 0.600. The summed E-state index contributed by atoms with van der Waals surface area (Å²) in [5.74, 6) is -0.990. The first-order valence-electron chi connectivity index (χ1n) is 6.82. The monoisotopic (exact) mass is 262 g/mol. The zero-order valence-electron chi connectivity index (χ0n) is 11.0. The summed E-state index contributed by atoms with van der Waals surface area (Å²) in [5, 5.41) is 9.33. The smallest absolute Gasteiger partial charge is 0.331 e. The van der Waals surface area contributed by atoms with Crippen LogP contribution >= 0.6 is 0 Å². The molecule has 1 saturated carbocycles. The summed E-state index contributed by atoms with van der Waals surface area (Å²) in [4.78, 5) is 23.7. The fourth-order valence-electron chi connectivity index (χ4n) is 4.36. The van der Waals surface area contributed by atoms with E-state index in [4.69, 9.17) is 4.74 Å². The van der Waals surface area contributed by atoms with Crippen molar-refractivity contribution in [3.63, 3.8) is 0 Å². The van der Waals surface area contributed by atoms with Gasteiger partial charge in [-0.25, -0.2) is 4.79 Å². The van der Waals surface area contributed by atoms with E-state index in [1.165, 1.54) is 7.11 Å². The van der Waals surface area contributed by atoms with Gasteiger partial charge in [-0.3, -0.25) is 4.79 Å². The second-order valence-corrected chi connectivity index (χ2v) is 5.73. The quantitative estimate of drug-likeness (QED) is 0.612. The van der Waals surface area contributed by atoms with Crippen molar-refractivity contribution in [3.05, 3.63) is 23.8 Å². The van der Waals surface area contributed by atoms with E-state index in [1.807, 2.05) is 12.2 Å². The average Bonchev–Trinajstić information content (AvgIpc) is 2.46. The molecule has 4 aliphatic rings. The van der Waals surface area contributed by atoms with Crippen molar-refractivity contribution in [2.75, 3.05) is 7.11 Å². The second-order valence-electron chi connectivity index (χ2n) is 5.73. The Labute approximate surface area is 112 Å². The molecular formula is C15H18O4. The molecule has 0 aromatic heterocycles. The summed E-state index contributed by atoms with van der Waals surface area (Å²) in [5.41, 5.74) is -0.106. The van der Waals surface area contributed by atoms with Crippen LogP contribution in [0.15, 0.2) is 23.8 Å². The van der Waals surface area contributed by atoms with Gasteiger partial charge in [0.05, 0.1) is 12.5 Å². The van der Waals surface area contributed by atoms with Gasteiger partial charge in [-0.05, 0) is 43.4 Å². The largest absolute Gasteiger partial charge is 0.478 e. The van der Waals surface area contributed by atoms with Crippen LogP contribution in [0, 0.1) is 23.2 Å². The maximum Gasteiger partial charge on any atom is 0.331 e. The number of fused-ring (bicyclic) bond motifs is 1. The van der Waals surface area contributed by atoms with E-state index in [-0.39, 0.29) is 23.7 Å². The second kappa shape index (κ2) is 4.22. The summed E-state index contributed by atoms with van der Waals surface area (Å²) < 4.78 is 5.03. The van der Waals surface area contributed by atoms with Crippen molar-refractivity contribution in [2.45, 2.75) is 25.7 Å². The normalized spacial score (nSPS) is 39.4. The molecule has 0 saturated heterocycles. The van der Waals surface area contributed by atoms with Crippen LogP contribution in [0.5, 0.6) is 0 Å². The molecule has 4 unspecified atom stereocenters. The number of aliphatic carboxylic acids is 1. The summed E-state index contributed by atoms with van der Waals surface area (Å²) in [6, 6.07) is 0. The number of ether oxygens (including phenoxy) is 1. The molecule has 0 aromatic carbocycles. The first-order chi connectivity index (χ1) is 9.11. The Kier molecular flexibility index (Phi) is 2.77. The predicted molar refractivity (Wildman–Crippen MR) is 68.2 cm³/mol. The van der Waals surface area contributed by atoms with Crippen LogP contribution in [0.4, 0.5) is 0 Å². The molecule has 4 atom stereocenters. The number of carbonyl (C=O) groups excluding carboxylic acids is 1. The molecule has 4 heteroatoms. The Morgan fingerprint density at radius 3 is 2.84 bits per heavy atom. The number of carboxylic acid groups (broad SMARTS) is 1. The van der Waals surface area contributed by atoms with Crippen molar-refractivity contribution in [2.24, 2.45) is 23.2 Å². The number of hydrogen-bond donors (Lipinski definition) is 1. The standard InChI is InChI=1S/C15H18O4/c1-19-14(18)15-7-3-2-4-12(15)10-6-5-9(15)8-11(10)13(16)17/h3,7-10,12H,2,4-6H2,1H3,(H,16,17). The van der Waals surface area contributed by atoms with Crippen molar-refractivity contribution in [1.29, 1.82) is 0 Å². The van der Waals surface area contributed by atoms with Gasteiger partial charge in [0.2, 0.25) is 0 Å². The molecule has 2 bridgehead atoms. The van der Waals surface area contributed by atoms with Crippen LogP contribution in [-0.4, -0.2) is 24.2 Å². The molecule has 0 amide bonds. The predicted octanol–water partition coefficient (Wildman–Crippen LogP) is 2.16.